The van der Waals surface area contributed by atoms with E-state index in [2.05, 4.69) is 87.5 Å². The Balaban J connectivity index is 1.89. The molecule has 0 aliphatic carbocycles. The second-order valence-corrected chi connectivity index (χ2v) is 7.73. The molecule has 0 heterocycles. The van der Waals surface area contributed by atoms with Gasteiger partial charge in [0.2, 0.25) is 0 Å². The topological polar surface area (TPSA) is 29.3 Å². The molecule has 27 heavy (non-hydrogen) atoms. The first kappa shape index (κ1) is 19.3. The van der Waals surface area contributed by atoms with Crippen molar-refractivity contribution in [2.45, 2.75) is 37.0 Å². The molecule has 0 radical (unpaired) electrons. The second kappa shape index (κ2) is 8.94. The van der Waals surface area contributed by atoms with E-state index < -0.39 is 0 Å². The number of hydrogen-bond donors (Lipinski definition) is 1. The highest BCUT2D eigenvalue weighted by Crippen LogP contribution is 2.34. The minimum atomic E-state index is 0.955. The zero-order valence-electron chi connectivity index (χ0n) is 16.1. The number of benzene rings is 3. The standard InChI is InChI=1S/C24H26N2S/c1-4-20-9-5-7-11-23(20)26(25)17-19(3)22-10-6-8-12-24(22)27-21-15-13-18(2)14-16-21/h5-17H,4,25H2,1-3H3/b19-17+. The van der Waals surface area contributed by atoms with E-state index in [4.69, 9.17) is 5.84 Å². The molecule has 2 nitrogen and oxygen atoms in total. The van der Waals surface area contributed by atoms with Crippen LogP contribution in [0, 0.1) is 6.92 Å². The summed E-state index contributed by atoms with van der Waals surface area (Å²) in [7, 11) is 0. The van der Waals surface area contributed by atoms with Crippen LogP contribution in [0.1, 0.15) is 30.5 Å². The van der Waals surface area contributed by atoms with Crippen molar-refractivity contribution in [3.05, 3.63) is 95.7 Å². The van der Waals surface area contributed by atoms with E-state index in [9.17, 15) is 0 Å². The van der Waals surface area contributed by atoms with Crippen molar-refractivity contribution in [1.82, 2.24) is 0 Å². The number of nitrogens with two attached hydrogens (primary N) is 1. The fourth-order valence-electron chi connectivity index (χ4n) is 3.02. The quantitative estimate of drug-likeness (QED) is 0.397. The summed E-state index contributed by atoms with van der Waals surface area (Å²) in [6.07, 6.45) is 2.97. The normalized spacial score (nSPS) is 11.5. The summed E-state index contributed by atoms with van der Waals surface area (Å²) in [6, 6.07) is 25.4. The molecule has 0 saturated carbocycles. The summed E-state index contributed by atoms with van der Waals surface area (Å²) in [5, 5.41) is 1.74. The van der Waals surface area contributed by atoms with Crippen LogP contribution in [0.2, 0.25) is 0 Å². The summed E-state index contributed by atoms with van der Waals surface area (Å²) in [6.45, 7) is 6.37. The molecule has 0 aromatic heterocycles. The number of nitrogens with zero attached hydrogens (tertiary/aromatic N) is 1. The Morgan fingerprint density at radius 1 is 0.963 bits per heavy atom. The first-order valence-corrected chi connectivity index (χ1v) is 10.0. The van der Waals surface area contributed by atoms with Crippen LogP contribution in [-0.2, 0) is 6.42 Å². The number of rotatable bonds is 6. The van der Waals surface area contributed by atoms with Crippen LogP contribution in [0.4, 0.5) is 5.69 Å². The third-order valence-corrected chi connectivity index (χ3v) is 5.63. The SMILES string of the molecule is CCc1ccccc1N(N)/C=C(\C)c1ccccc1Sc1ccc(C)cc1. The van der Waals surface area contributed by atoms with Gasteiger partial charge in [-0.05, 0) is 61.2 Å². The van der Waals surface area contributed by atoms with Crippen LogP contribution in [-0.4, -0.2) is 0 Å². The van der Waals surface area contributed by atoms with Gasteiger partial charge in [0.15, 0.2) is 0 Å². The predicted octanol–water partition coefficient (Wildman–Crippen LogP) is 6.45. The highest BCUT2D eigenvalue weighted by Gasteiger charge is 2.09. The highest BCUT2D eigenvalue weighted by atomic mass is 32.2. The summed E-state index contributed by atoms with van der Waals surface area (Å²) >= 11 is 1.78. The van der Waals surface area contributed by atoms with Crippen LogP contribution in [0.3, 0.4) is 0 Å². The van der Waals surface area contributed by atoms with Crippen molar-refractivity contribution in [3.8, 4) is 0 Å². The van der Waals surface area contributed by atoms with Gasteiger partial charge in [-0.15, -0.1) is 0 Å². The summed E-state index contributed by atoms with van der Waals surface area (Å²) in [4.78, 5) is 2.47. The van der Waals surface area contributed by atoms with Gasteiger partial charge < -0.3 is 0 Å². The molecule has 0 spiro atoms. The molecule has 0 amide bonds. The Bertz CT molecular complexity index is 929. The van der Waals surface area contributed by atoms with Crippen molar-refractivity contribution in [3.63, 3.8) is 0 Å². The molecule has 3 aromatic rings. The summed E-state index contributed by atoms with van der Waals surface area (Å²) in [5.41, 5.74) is 5.90. The third kappa shape index (κ3) is 4.82. The molecule has 0 fully saturated rings. The molecule has 0 saturated heterocycles. The van der Waals surface area contributed by atoms with Gasteiger partial charge in [0.1, 0.15) is 0 Å². The average molecular weight is 375 g/mol. The smallest absolute Gasteiger partial charge is 0.0600 e. The third-order valence-electron chi connectivity index (χ3n) is 4.54. The van der Waals surface area contributed by atoms with Crippen LogP contribution in [0.5, 0.6) is 0 Å². The Morgan fingerprint density at radius 2 is 1.63 bits per heavy atom. The van der Waals surface area contributed by atoms with Crippen molar-refractivity contribution in [2.75, 3.05) is 5.01 Å². The predicted molar refractivity (Wildman–Crippen MR) is 118 cm³/mol. The Labute approximate surface area is 166 Å². The van der Waals surface area contributed by atoms with Gasteiger partial charge in [0.25, 0.3) is 0 Å². The van der Waals surface area contributed by atoms with Crippen LogP contribution >= 0.6 is 11.8 Å². The van der Waals surface area contributed by atoms with E-state index in [1.807, 2.05) is 12.3 Å². The maximum Gasteiger partial charge on any atom is 0.0600 e. The van der Waals surface area contributed by atoms with Crippen LogP contribution in [0.15, 0.2) is 88.8 Å². The van der Waals surface area contributed by atoms with E-state index in [-0.39, 0.29) is 0 Å². The van der Waals surface area contributed by atoms with Crippen molar-refractivity contribution in [2.24, 2.45) is 5.84 Å². The number of para-hydroxylation sites is 1. The van der Waals surface area contributed by atoms with E-state index in [0.717, 1.165) is 17.7 Å². The van der Waals surface area contributed by atoms with Crippen molar-refractivity contribution < 1.29 is 0 Å². The molecule has 2 N–H and O–H groups in total. The maximum atomic E-state index is 6.38. The molecule has 0 aliphatic heterocycles. The molecule has 3 aromatic carbocycles. The first-order chi connectivity index (χ1) is 13.1. The Hall–Kier alpha value is -2.49. The van der Waals surface area contributed by atoms with Gasteiger partial charge >= 0.3 is 0 Å². The molecule has 3 heteroatoms. The molecule has 0 bridgehead atoms. The van der Waals surface area contributed by atoms with Gasteiger partial charge in [-0.1, -0.05) is 72.8 Å². The van der Waals surface area contributed by atoms with Crippen LogP contribution in [0.25, 0.3) is 5.57 Å². The lowest BCUT2D eigenvalue weighted by Gasteiger charge is -2.19. The molecule has 0 aliphatic rings. The van der Waals surface area contributed by atoms with E-state index in [1.165, 1.54) is 26.5 Å². The monoisotopic (exact) mass is 374 g/mol. The fourth-order valence-corrected chi connectivity index (χ4v) is 4.04. The van der Waals surface area contributed by atoms with E-state index >= 15 is 0 Å². The number of allylic oxidation sites excluding steroid dienone is 1. The molecule has 0 atom stereocenters. The Kier molecular flexibility index (Phi) is 6.38. The largest absolute Gasteiger partial charge is 0.286 e. The van der Waals surface area contributed by atoms with Gasteiger partial charge in [0, 0.05) is 16.0 Å². The van der Waals surface area contributed by atoms with Crippen molar-refractivity contribution >= 4 is 23.0 Å². The average Bonchev–Trinajstić information content (AvgIpc) is 2.70. The molecule has 138 valence electrons. The highest BCUT2D eigenvalue weighted by molar-refractivity contribution is 7.99. The lowest BCUT2D eigenvalue weighted by molar-refractivity contribution is 1.03. The summed E-state index contributed by atoms with van der Waals surface area (Å²) < 4.78 is 0. The zero-order valence-corrected chi connectivity index (χ0v) is 17.0. The number of hydrazine groups is 1. The first-order valence-electron chi connectivity index (χ1n) is 9.22. The molecular weight excluding hydrogens is 348 g/mol. The minimum absolute atomic E-state index is 0.955. The van der Waals surface area contributed by atoms with E-state index in [0.29, 0.717) is 0 Å². The number of anilines is 1. The number of hydrogen-bond acceptors (Lipinski definition) is 3. The Morgan fingerprint density at radius 3 is 2.37 bits per heavy atom. The maximum absolute atomic E-state index is 6.38. The lowest BCUT2D eigenvalue weighted by Crippen LogP contribution is -2.25. The van der Waals surface area contributed by atoms with Crippen molar-refractivity contribution in [1.29, 1.82) is 0 Å². The number of aryl methyl sites for hydroxylation is 2. The molecular formula is C24H26N2S. The molecule has 0 unspecified atom stereocenters. The van der Waals surface area contributed by atoms with Gasteiger partial charge in [-0.2, -0.15) is 0 Å². The second-order valence-electron chi connectivity index (χ2n) is 6.61. The summed E-state index contributed by atoms with van der Waals surface area (Å²) in [5.74, 6) is 6.38. The van der Waals surface area contributed by atoms with Crippen LogP contribution < -0.4 is 10.9 Å². The minimum Gasteiger partial charge on any atom is -0.286 e. The van der Waals surface area contributed by atoms with E-state index in [1.54, 1.807) is 16.8 Å². The van der Waals surface area contributed by atoms with Gasteiger partial charge in [0.05, 0.1) is 5.69 Å². The van der Waals surface area contributed by atoms with Gasteiger partial charge in [-0.25, -0.2) is 5.84 Å². The zero-order chi connectivity index (χ0) is 19.2. The lowest BCUT2D eigenvalue weighted by atomic mass is 10.1. The fraction of sp³-hybridized carbons (Fsp3) is 0.167. The van der Waals surface area contributed by atoms with Gasteiger partial charge in [-0.3, -0.25) is 5.01 Å². The molecule has 3 rings (SSSR count).